The number of carbonyl (C=O) groups is 2. The molecule has 0 unspecified atom stereocenters. The van der Waals surface area contributed by atoms with E-state index in [4.69, 9.17) is 9.15 Å². The number of nitrogens with zero attached hydrogens (tertiary/aromatic N) is 4. The summed E-state index contributed by atoms with van der Waals surface area (Å²) in [4.78, 5) is 28.9. The molecular formula is C22H24N4O4. The van der Waals surface area contributed by atoms with Crippen LogP contribution in [0.15, 0.2) is 53.1 Å². The van der Waals surface area contributed by atoms with Gasteiger partial charge in [-0.25, -0.2) is 0 Å². The van der Waals surface area contributed by atoms with E-state index in [9.17, 15) is 9.59 Å². The number of amides is 2. The van der Waals surface area contributed by atoms with Gasteiger partial charge in [0.2, 0.25) is 0 Å². The highest BCUT2D eigenvalue weighted by atomic mass is 16.5. The van der Waals surface area contributed by atoms with Gasteiger partial charge in [-0.05, 0) is 37.3 Å². The molecule has 1 aliphatic heterocycles. The second-order valence-electron chi connectivity index (χ2n) is 7.02. The van der Waals surface area contributed by atoms with E-state index in [1.165, 1.54) is 6.26 Å². The highest BCUT2D eigenvalue weighted by Gasteiger charge is 2.28. The molecule has 0 bridgehead atoms. The molecule has 0 saturated carbocycles. The number of piperazine rings is 1. The first-order valence-corrected chi connectivity index (χ1v) is 9.95. The largest absolute Gasteiger partial charge is 0.497 e. The molecule has 0 N–H and O–H groups in total. The number of aromatic nitrogens is 2. The van der Waals surface area contributed by atoms with E-state index in [-0.39, 0.29) is 11.8 Å². The molecule has 0 aliphatic carbocycles. The third kappa shape index (κ3) is 3.80. The van der Waals surface area contributed by atoms with Crippen molar-refractivity contribution in [3.05, 3.63) is 60.2 Å². The number of hydrogen-bond donors (Lipinski definition) is 0. The molecule has 1 fully saturated rings. The highest BCUT2D eigenvalue weighted by molar-refractivity contribution is 5.94. The maximum atomic E-state index is 13.0. The summed E-state index contributed by atoms with van der Waals surface area (Å²) in [6.45, 7) is 4.47. The number of benzene rings is 1. The Balaban J connectivity index is 1.48. The number of furan rings is 1. The van der Waals surface area contributed by atoms with Gasteiger partial charge in [-0.2, -0.15) is 5.10 Å². The Hall–Kier alpha value is -3.55. The van der Waals surface area contributed by atoms with Crippen LogP contribution in [0.5, 0.6) is 5.75 Å². The number of carbonyl (C=O) groups excluding carboxylic acids is 2. The van der Waals surface area contributed by atoms with Crippen LogP contribution in [0.3, 0.4) is 0 Å². The number of rotatable bonds is 5. The fraction of sp³-hybridized carbons (Fsp3) is 0.318. The Bertz CT molecular complexity index is 1030. The molecule has 156 valence electrons. The van der Waals surface area contributed by atoms with Crippen LogP contribution in [0.25, 0.3) is 11.3 Å². The SMILES string of the molecule is CCn1nc(C(=O)N2CCN(C(=O)c3ccco3)CC2)cc1-c1cccc(OC)c1. The van der Waals surface area contributed by atoms with Gasteiger partial charge < -0.3 is 19.0 Å². The lowest BCUT2D eigenvalue weighted by Gasteiger charge is -2.33. The zero-order valence-corrected chi connectivity index (χ0v) is 17.1. The average molecular weight is 408 g/mol. The van der Waals surface area contributed by atoms with Crippen molar-refractivity contribution in [1.29, 1.82) is 0 Å². The minimum atomic E-state index is -0.150. The van der Waals surface area contributed by atoms with Crippen LogP contribution >= 0.6 is 0 Å². The lowest BCUT2D eigenvalue weighted by molar-refractivity contribution is 0.0515. The summed E-state index contributed by atoms with van der Waals surface area (Å²) in [5.41, 5.74) is 2.21. The molecule has 30 heavy (non-hydrogen) atoms. The van der Waals surface area contributed by atoms with Crippen molar-refractivity contribution in [3.8, 4) is 17.0 Å². The molecule has 1 aliphatic rings. The van der Waals surface area contributed by atoms with E-state index < -0.39 is 0 Å². The molecule has 2 amide bonds. The van der Waals surface area contributed by atoms with Gasteiger partial charge in [-0.3, -0.25) is 14.3 Å². The second kappa shape index (κ2) is 8.44. The fourth-order valence-corrected chi connectivity index (χ4v) is 3.61. The molecule has 0 spiro atoms. The summed E-state index contributed by atoms with van der Waals surface area (Å²) in [7, 11) is 1.63. The van der Waals surface area contributed by atoms with E-state index in [0.29, 0.717) is 44.2 Å². The van der Waals surface area contributed by atoms with E-state index >= 15 is 0 Å². The van der Waals surface area contributed by atoms with Crippen molar-refractivity contribution in [2.24, 2.45) is 0 Å². The van der Waals surface area contributed by atoms with Crippen LogP contribution in [0.1, 0.15) is 28.0 Å². The van der Waals surface area contributed by atoms with Crippen molar-refractivity contribution < 1.29 is 18.7 Å². The van der Waals surface area contributed by atoms with Crippen LogP contribution in [0.4, 0.5) is 0 Å². The summed E-state index contributed by atoms with van der Waals surface area (Å²) in [5, 5.41) is 4.52. The first-order valence-electron chi connectivity index (χ1n) is 9.95. The first kappa shape index (κ1) is 19.8. The van der Waals surface area contributed by atoms with Crippen LogP contribution in [0.2, 0.25) is 0 Å². The Morgan fingerprint density at radius 3 is 2.40 bits per heavy atom. The van der Waals surface area contributed by atoms with Crippen molar-refractivity contribution in [1.82, 2.24) is 19.6 Å². The van der Waals surface area contributed by atoms with Crippen molar-refractivity contribution in [2.75, 3.05) is 33.3 Å². The Labute approximate surface area is 174 Å². The zero-order valence-electron chi connectivity index (χ0n) is 17.1. The second-order valence-corrected chi connectivity index (χ2v) is 7.02. The molecule has 3 heterocycles. The van der Waals surface area contributed by atoms with Gasteiger partial charge in [0.25, 0.3) is 11.8 Å². The highest BCUT2D eigenvalue weighted by Crippen LogP contribution is 2.25. The van der Waals surface area contributed by atoms with Gasteiger partial charge in [-0.15, -0.1) is 0 Å². The summed E-state index contributed by atoms with van der Waals surface area (Å²) >= 11 is 0. The third-order valence-electron chi connectivity index (χ3n) is 5.25. The van der Waals surface area contributed by atoms with Crippen LogP contribution in [-0.4, -0.2) is 64.7 Å². The topological polar surface area (TPSA) is 80.8 Å². The summed E-state index contributed by atoms with van der Waals surface area (Å²) in [6, 6.07) is 12.9. The van der Waals surface area contributed by atoms with Gasteiger partial charge in [0.15, 0.2) is 11.5 Å². The van der Waals surface area contributed by atoms with Gasteiger partial charge in [0, 0.05) is 38.3 Å². The molecule has 0 radical (unpaired) electrons. The summed E-state index contributed by atoms with van der Waals surface area (Å²) in [5.74, 6) is 0.792. The fourth-order valence-electron chi connectivity index (χ4n) is 3.61. The van der Waals surface area contributed by atoms with Crippen molar-refractivity contribution >= 4 is 11.8 Å². The van der Waals surface area contributed by atoms with Crippen LogP contribution in [-0.2, 0) is 6.54 Å². The van der Waals surface area contributed by atoms with E-state index in [0.717, 1.165) is 17.0 Å². The quantitative estimate of drug-likeness (QED) is 0.649. The lowest BCUT2D eigenvalue weighted by atomic mass is 10.1. The zero-order chi connectivity index (χ0) is 21.1. The minimum Gasteiger partial charge on any atom is -0.497 e. The maximum absolute atomic E-state index is 13.0. The van der Waals surface area contributed by atoms with Crippen LogP contribution in [0, 0.1) is 0 Å². The molecule has 3 aromatic rings. The standard InChI is InChI=1S/C22H24N4O4/c1-3-26-19(16-6-4-7-17(14-16)29-2)15-18(23-26)21(27)24-9-11-25(12-10-24)22(28)20-8-5-13-30-20/h4-8,13-15H,3,9-12H2,1-2H3. The predicted octanol–water partition coefficient (Wildman–Crippen LogP) is 2.77. The molecule has 2 aromatic heterocycles. The predicted molar refractivity (Wildman–Crippen MR) is 110 cm³/mol. The lowest BCUT2D eigenvalue weighted by Crippen LogP contribution is -2.50. The molecule has 8 nitrogen and oxygen atoms in total. The van der Waals surface area contributed by atoms with Gasteiger partial charge in [0.05, 0.1) is 19.1 Å². The monoisotopic (exact) mass is 408 g/mol. The summed E-state index contributed by atoms with van der Waals surface area (Å²) < 4.78 is 12.3. The number of ether oxygens (including phenoxy) is 1. The number of methoxy groups -OCH3 is 1. The van der Waals surface area contributed by atoms with Gasteiger partial charge >= 0.3 is 0 Å². The van der Waals surface area contributed by atoms with E-state index in [1.807, 2.05) is 41.9 Å². The smallest absolute Gasteiger partial charge is 0.289 e. The summed E-state index contributed by atoms with van der Waals surface area (Å²) in [6.07, 6.45) is 1.48. The third-order valence-corrected chi connectivity index (χ3v) is 5.25. The number of aryl methyl sites for hydroxylation is 1. The van der Waals surface area contributed by atoms with Crippen molar-refractivity contribution in [3.63, 3.8) is 0 Å². The molecule has 1 saturated heterocycles. The maximum Gasteiger partial charge on any atom is 0.289 e. The van der Waals surface area contributed by atoms with Gasteiger partial charge in [-0.1, -0.05) is 12.1 Å². The van der Waals surface area contributed by atoms with E-state index in [2.05, 4.69) is 5.10 Å². The molecular weight excluding hydrogens is 384 g/mol. The van der Waals surface area contributed by atoms with E-state index in [1.54, 1.807) is 29.0 Å². The Morgan fingerprint density at radius 2 is 1.77 bits per heavy atom. The average Bonchev–Trinajstić information content (AvgIpc) is 3.48. The molecule has 0 atom stereocenters. The minimum absolute atomic E-state index is 0.128. The van der Waals surface area contributed by atoms with Crippen molar-refractivity contribution in [2.45, 2.75) is 13.5 Å². The Kier molecular flexibility index (Phi) is 5.56. The Morgan fingerprint density at radius 1 is 1.03 bits per heavy atom. The van der Waals surface area contributed by atoms with Crippen LogP contribution < -0.4 is 4.74 Å². The normalized spacial score (nSPS) is 14.1. The molecule has 8 heteroatoms. The molecule has 4 rings (SSSR count). The molecule has 1 aromatic carbocycles. The number of hydrogen-bond acceptors (Lipinski definition) is 5. The first-order chi connectivity index (χ1) is 14.6. The van der Waals surface area contributed by atoms with Gasteiger partial charge in [0.1, 0.15) is 5.75 Å².